The van der Waals surface area contributed by atoms with Crippen molar-refractivity contribution in [1.82, 2.24) is 4.98 Å². The summed E-state index contributed by atoms with van der Waals surface area (Å²) in [5.41, 5.74) is 0.132. The number of aromatic nitrogens is 1. The van der Waals surface area contributed by atoms with Crippen molar-refractivity contribution in [3.05, 3.63) is 53.5 Å². The molecule has 94 valence electrons. The van der Waals surface area contributed by atoms with Gasteiger partial charge in [-0.25, -0.2) is 4.39 Å². The summed E-state index contributed by atoms with van der Waals surface area (Å²) in [7, 11) is 0. The lowest BCUT2D eigenvalue weighted by Crippen LogP contribution is -2.08. The average Bonchev–Trinajstić information content (AvgIpc) is 2.29. The minimum atomic E-state index is -4.71. The van der Waals surface area contributed by atoms with Crippen LogP contribution in [0.3, 0.4) is 0 Å². The lowest BCUT2D eigenvalue weighted by Gasteiger charge is -2.10. The van der Waals surface area contributed by atoms with Gasteiger partial charge >= 0.3 is 6.18 Å². The quantitative estimate of drug-likeness (QED) is 0.695. The van der Waals surface area contributed by atoms with Crippen molar-refractivity contribution in [3.63, 3.8) is 0 Å². The molecule has 18 heavy (non-hydrogen) atoms. The molecule has 0 saturated carbocycles. The normalized spacial score (nSPS) is 11.6. The maximum Gasteiger partial charge on any atom is 0.419 e. The molecule has 0 unspecified atom stereocenters. The third-order valence-corrected chi connectivity index (χ3v) is 2.55. The van der Waals surface area contributed by atoms with Gasteiger partial charge in [-0.1, -0.05) is 6.07 Å². The van der Waals surface area contributed by atoms with Crippen molar-refractivity contribution in [2.45, 2.75) is 13.1 Å². The molecule has 1 aromatic carbocycles. The second-order valence-electron chi connectivity index (χ2n) is 3.86. The summed E-state index contributed by atoms with van der Waals surface area (Å²) < 4.78 is 50.9. The van der Waals surface area contributed by atoms with E-state index in [0.29, 0.717) is 5.69 Å². The van der Waals surface area contributed by atoms with Gasteiger partial charge in [-0.05, 0) is 36.8 Å². The highest BCUT2D eigenvalue weighted by molar-refractivity contribution is 5.63. The van der Waals surface area contributed by atoms with Gasteiger partial charge in [0.25, 0.3) is 0 Å². The van der Waals surface area contributed by atoms with Crippen LogP contribution in [-0.2, 0) is 6.18 Å². The zero-order valence-corrected chi connectivity index (χ0v) is 9.42. The number of benzene rings is 1. The van der Waals surface area contributed by atoms with Gasteiger partial charge in [0.05, 0.1) is 11.3 Å². The van der Waals surface area contributed by atoms with Crippen molar-refractivity contribution in [2.75, 3.05) is 0 Å². The van der Waals surface area contributed by atoms with Gasteiger partial charge in [0.1, 0.15) is 5.82 Å². The lowest BCUT2D eigenvalue weighted by molar-refractivity contribution is -0.139. The maximum absolute atomic E-state index is 13.1. The number of alkyl halides is 3. The summed E-state index contributed by atoms with van der Waals surface area (Å²) >= 11 is 0. The van der Waals surface area contributed by atoms with E-state index >= 15 is 0 Å². The van der Waals surface area contributed by atoms with Gasteiger partial charge < -0.3 is 0 Å². The lowest BCUT2D eigenvalue weighted by atomic mass is 10.0. The topological polar surface area (TPSA) is 12.9 Å². The zero-order chi connectivity index (χ0) is 13.3. The highest BCUT2D eigenvalue weighted by Crippen LogP contribution is 2.34. The Bertz CT molecular complexity index is 575. The highest BCUT2D eigenvalue weighted by Gasteiger charge is 2.34. The molecule has 0 fully saturated rings. The van der Waals surface area contributed by atoms with Crippen LogP contribution in [0.2, 0.25) is 0 Å². The van der Waals surface area contributed by atoms with Crippen LogP contribution >= 0.6 is 0 Å². The zero-order valence-electron chi connectivity index (χ0n) is 9.42. The molecule has 0 radical (unpaired) electrons. The number of halogens is 4. The Morgan fingerprint density at radius 1 is 1.11 bits per heavy atom. The van der Waals surface area contributed by atoms with Crippen LogP contribution in [0.5, 0.6) is 0 Å². The van der Waals surface area contributed by atoms with E-state index < -0.39 is 17.6 Å². The predicted molar refractivity (Wildman–Crippen MR) is 59.4 cm³/mol. The molecule has 2 rings (SSSR count). The van der Waals surface area contributed by atoms with Crippen molar-refractivity contribution in [2.24, 2.45) is 0 Å². The van der Waals surface area contributed by atoms with Crippen molar-refractivity contribution >= 4 is 0 Å². The molecule has 0 bridgehead atoms. The summed E-state index contributed by atoms with van der Waals surface area (Å²) in [4.78, 5) is 4.01. The van der Waals surface area contributed by atoms with E-state index in [9.17, 15) is 17.6 Å². The number of pyridine rings is 1. The van der Waals surface area contributed by atoms with Crippen molar-refractivity contribution in [3.8, 4) is 11.3 Å². The van der Waals surface area contributed by atoms with E-state index in [-0.39, 0.29) is 5.56 Å². The highest BCUT2D eigenvalue weighted by atomic mass is 19.4. The van der Waals surface area contributed by atoms with Crippen LogP contribution in [0.15, 0.2) is 36.5 Å². The van der Waals surface area contributed by atoms with Gasteiger partial charge in [-0.3, -0.25) is 4.98 Å². The van der Waals surface area contributed by atoms with Gasteiger partial charge in [0.2, 0.25) is 0 Å². The summed E-state index contributed by atoms with van der Waals surface area (Å²) in [5, 5.41) is 0. The standard InChI is InChI=1S/C13H9F4N/c1-8-3-2-6-18-12(8)9-4-5-11(14)10(7-9)13(15,16)17/h2-7H,1H3. The molecule has 5 heteroatoms. The van der Waals surface area contributed by atoms with Crippen molar-refractivity contribution < 1.29 is 17.6 Å². The molecule has 0 N–H and O–H groups in total. The monoisotopic (exact) mass is 255 g/mol. The molecule has 0 amide bonds. The van der Waals surface area contributed by atoms with E-state index in [1.165, 1.54) is 12.3 Å². The molecule has 2 aromatic rings. The van der Waals surface area contributed by atoms with E-state index in [1.54, 1.807) is 19.1 Å². The molecule has 0 atom stereocenters. The van der Waals surface area contributed by atoms with E-state index in [1.807, 2.05) is 0 Å². The first-order valence-corrected chi connectivity index (χ1v) is 5.18. The SMILES string of the molecule is Cc1cccnc1-c1ccc(F)c(C(F)(F)F)c1. The third-order valence-electron chi connectivity index (χ3n) is 2.55. The summed E-state index contributed by atoms with van der Waals surface area (Å²) in [5.74, 6) is -1.28. The Balaban J connectivity index is 2.58. The molecular formula is C13H9F4N. The Kier molecular flexibility index (Phi) is 3.07. The minimum Gasteiger partial charge on any atom is -0.256 e. The minimum absolute atomic E-state index is 0.252. The number of hydrogen-bond donors (Lipinski definition) is 0. The molecule has 1 aromatic heterocycles. The molecular weight excluding hydrogens is 246 g/mol. The van der Waals surface area contributed by atoms with Gasteiger partial charge in [-0.2, -0.15) is 13.2 Å². The van der Waals surface area contributed by atoms with Crippen LogP contribution in [0.1, 0.15) is 11.1 Å². The average molecular weight is 255 g/mol. The second-order valence-corrected chi connectivity index (χ2v) is 3.86. The second kappa shape index (κ2) is 4.40. The Labute approximate surface area is 101 Å². The molecule has 0 aliphatic rings. The van der Waals surface area contributed by atoms with Crippen LogP contribution in [-0.4, -0.2) is 4.98 Å². The van der Waals surface area contributed by atoms with Gasteiger partial charge in [-0.15, -0.1) is 0 Å². The number of nitrogens with zero attached hydrogens (tertiary/aromatic N) is 1. The third kappa shape index (κ3) is 2.34. The number of rotatable bonds is 1. The van der Waals surface area contributed by atoms with E-state index in [4.69, 9.17) is 0 Å². The first kappa shape index (κ1) is 12.5. The number of hydrogen-bond acceptors (Lipinski definition) is 1. The maximum atomic E-state index is 13.1. The van der Waals surface area contributed by atoms with Crippen LogP contribution < -0.4 is 0 Å². The fourth-order valence-electron chi connectivity index (χ4n) is 1.68. The molecule has 0 aliphatic carbocycles. The van der Waals surface area contributed by atoms with Crippen molar-refractivity contribution in [1.29, 1.82) is 0 Å². The smallest absolute Gasteiger partial charge is 0.256 e. The Morgan fingerprint density at radius 2 is 1.83 bits per heavy atom. The van der Waals surface area contributed by atoms with Crippen LogP contribution in [0, 0.1) is 12.7 Å². The first-order chi connectivity index (χ1) is 8.39. The molecule has 0 spiro atoms. The molecule has 1 nitrogen and oxygen atoms in total. The summed E-state index contributed by atoms with van der Waals surface area (Å²) in [6, 6.07) is 6.31. The number of aryl methyl sites for hydroxylation is 1. The Morgan fingerprint density at radius 3 is 2.44 bits per heavy atom. The van der Waals surface area contributed by atoms with Gasteiger partial charge in [0.15, 0.2) is 0 Å². The molecule has 1 heterocycles. The fourth-order valence-corrected chi connectivity index (χ4v) is 1.68. The largest absolute Gasteiger partial charge is 0.419 e. The van der Waals surface area contributed by atoms with Crippen LogP contribution in [0.4, 0.5) is 17.6 Å². The Hall–Kier alpha value is -1.91. The van der Waals surface area contributed by atoms with Gasteiger partial charge in [0, 0.05) is 11.8 Å². The first-order valence-electron chi connectivity index (χ1n) is 5.18. The molecule has 0 aliphatic heterocycles. The summed E-state index contributed by atoms with van der Waals surface area (Å²) in [6.45, 7) is 1.74. The summed E-state index contributed by atoms with van der Waals surface area (Å²) in [6.07, 6.45) is -3.22. The fraction of sp³-hybridized carbons (Fsp3) is 0.154. The molecule has 0 saturated heterocycles. The van der Waals surface area contributed by atoms with E-state index in [2.05, 4.69) is 4.98 Å². The predicted octanol–water partition coefficient (Wildman–Crippen LogP) is 4.21. The van der Waals surface area contributed by atoms with Crippen LogP contribution in [0.25, 0.3) is 11.3 Å². The van der Waals surface area contributed by atoms with E-state index in [0.717, 1.165) is 17.7 Å².